The first-order valence-corrected chi connectivity index (χ1v) is 3.31. The topological polar surface area (TPSA) is 69.6 Å². The minimum absolute atomic E-state index is 0.190. The van der Waals surface area contributed by atoms with Crippen molar-refractivity contribution in [3.63, 3.8) is 0 Å². The molecule has 0 bridgehead atoms. The normalized spacial score (nSPS) is 18.9. The molecule has 2 unspecified atom stereocenters. The maximum Gasteiger partial charge on any atom is 0.320 e. The molecule has 66 valence electrons. The van der Waals surface area contributed by atoms with E-state index in [2.05, 4.69) is 0 Å². The molecule has 0 fully saturated rings. The largest absolute Gasteiger partial charge is 0.480 e. The van der Waals surface area contributed by atoms with Gasteiger partial charge < -0.3 is 10.2 Å². The summed E-state index contributed by atoms with van der Waals surface area (Å²) in [6, 6.07) is -1.09. The number of halogens is 1. The van der Waals surface area contributed by atoms with Crippen molar-refractivity contribution in [3.8, 4) is 0 Å². The second kappa shape index (κ2) is 3.64. The van der Waals surface area contributed by atoms with E-state index in [4.69, 9.17) is 10.2 Å². The van der Waals surface area contributed by atoms with Crippen molar-refractivity contribution < 1.29 is 19.4 Å². The maximum atomic E-state index is 12.6. The molecular formula is C6H12FNO3. The summed E-state index contributed by atoms with van der Waals surface area (Å²) in [7, 11) is 0. The molecule has 0 aromatic carbocycles. The lowest BCUT2D eigenvalue weighted by Crippen LogP contribution is -2.48. The second-order valence-corrected chi connectivity index (χ2v) is 2.32. The van der Waals surface area contributed by atoms with E-state index in [1.165, 1.54) is 13.8 Å². The molecule has 0 aliphatic rings. The molecule has 0 amide bonds. The minimum Gasteiger partial charge on any atom is -0.480 e. The standard InChI is InChI=1S/C6H12FNO3/c1-3-6(7,11)8-4(2)5(9)10/h4,8,11H,3H2,1-2H3,(H,9,10). The molecule has 0 heterocycles. The number of alkyl halides is 1. The van der Waals surface area contributed by atoms with Crippen molar-refractivity contribution >= 4 is 5.97 Å². The Hall–Kier alpha value is -0.680. The highest BCUT2D eigenvalue weighted by molar-refractivity contribution is 5.72. The molecule has 0 aliphatic heterocycles. The fourth-order valence-corrected chi connectivity index (χ4v) is 0.496. The van der Waals surface area contributed by atoms with Gasteiger partial charge in [-0.05, 0) is 6.92 Å². The van der Waals surface area contributed by atoms with Crippen LogP contribution >= 0.6 is 0 Å². The molecule has 0 aromatic rings. The third kappa shape index (κ3) is 3.90. The predicted molar refractivity (Wildman–Crippen MR) is 36.6 cm³/mol. The SMILES string of the molecule is CCC(O)(F)NC(C)C(=O)O. The molecule has 0 saturated carbocycles. The Bertz CT molecular complexity index is 149. The van der Waals surface area contributed by atoms with Gasteiger partial charge in [-0.1, -0.05) is 6.92 Å². The molecular weight excluding hydrogens is 153 g/mol. The van der Waals surface area contributed by atoms with Gasteiger partial charge in [0, 0.05) is 6.42 Å². The number of aliphatic carboxylic acids is 1. The molecule has 0 saturated heterocycles. The van der Waals surface area contributed by atoms with E-state index in [-0.39, 0.29) is 6.42 Å². The quantitative estimate of drug-likeness (QED) is 0.407. The highest BCUT2D eigenvalue weighted by Crippen LogP contribution is 2.07. The van der Waals surface area contributed by atoms with E-state index in [9.17, 15) is 9.18 Å². The summed E-state index contributed by atoms with van der Waals surface area (Å²) in [4.78, 5) is 10.2. The molecule has 3 N–H and O–H groups in total. The average molecular weight is 165 g/mol. The lowest BCUT2D eigenvalue weighted by Gasteiger charge is -2.20. The van der Waals surface area contributed by atoms with Crippen LogP contribution in [0.4, 0.5) is 4.39 Å². The minimum atomic E-state index is -2.59. The summed E-state index contributed by atoms with van der Waals surface area (Å²) in [5.41, 5.74) is 0. The zero-order valence-electron chi connectivity index (χ0n) is 6.47. The van der Waals surface area contributed by atoms with Crippen LogP contribution in [0.3, 0.4) is 0 Å². The number of nitrogens with one attached hydrogen (secondary N) is 1. The average Bonchev–Trinajstić information content (AvgIpc) is 1.87. The number of carboxylic acids is 1. The molecule has 0 spiro atoms. The fourth-order valence-electron chi connectivity index (χ4n) is 0.496. The molecule has 2 atom stereocenters. The highest BCUT2D eigenvalue weighted by atomic mass is 19.2. The third-order valence-electron chi connectivity index (χ3n) is 1.28. The summed E-state index contributed by atoms with van der Waals surface area (Å²) in [5, 5.41) is 18.9. The number of carboxylic acid groups (broad SMARTS) is 1. The van der Waals surface area contributed by atoms with Crippen molar-refractivity contribution in [1.29, 1.82) is 0 Å². The van der Waals surface area contributed by atoms with Crippen molar-refractivity contribution in [2.75, 3.05) is 0 Å². The van der Waals surface area contributed by atoms with Crippen LogP contribution in [-0.2, 0) is 4.79 Å². The fraction of sp³-hybridized carbons (Fsp3) is 0.833. The van der Waals surface area contributed by atoms with Crippen molar-refractivity contribution in [2.45, 2.75) is 32.3 Å². The zero-order chi connectivity index (χ0) is 9.07. The van der Waals surface area contributed by atoms with Crippen LogP contribution in [-0.4, -0.2) is 28.2 Å². The van der Waals surface area contributed by atoms with Gasteiger partial charge >= 0.3 is 5.97 Å². The first-order valence-electron chi connectivity index (χ1n) is 3.31. The number of carbonyl (C=O) groups is 1. The first-order chi connectivity index (χ1) is 4.89. The maximum absolute atomic E-state index is 12.6. The van der Waals surface area contributed by atoms with E-state index < -0.39 is 18.0 Å². The van der Waals surface area contributed by atoms with Gasteiger partial charge in [-0.25, -0.2) is 5.32 Å². The van der Waals surface area contributed by atoms with E-state index >= 15 is 0 Å². The van der Waals surface area contributed by atoms with Gasteiger partial charge in [0.05, 0.1) is 0 Å². The predicted octanol–water partition coefficient (Wildman–Crippen LogP) is 0.0747. The van der Waals surface area contributed by atoms with Crippen molar-refractivity contribution in [1.82, 2.24) is 5.32 Å². The van der Waals surface area contributed by atoms with Gasteiger partial charge in [0.15, 0.2) is 0 Å². The number of hydrogen-bond donors (Lipinski definition) is 3. The van der Waals surface area contributed by atoms with Crippen LogP contribution in [0.5, 0.6) is 0 Å². The van der Waals surface area contributed by atoms with Gasteiger partial charge in [-0.15, -0.1) is 0 Å². The van der Waals surface area contributed by atoms with Crippen LogP contribution in [0.2, 0.25) is 0 Å². The lowest BCUT2D eigenvalue weighted by atomic mass is 10.3. The molecule has 0 aliphatic carbocycles. The lowest BCUT2D eigenvalue weighted by molar-refractivity contribution is -0.153. The van der Waals surface area contributed by atoms with Crippen LogP contribution in [0, 0.1) is 0 Å². The Morgan fingerprint density at radius 1 is 1.82 bits per heavy atom. The smallest absolute Gasteiger partial charge is 0.320 e. The van der Waals surface area contributed by atoms with Crippen molar-refractivity contribution in [2.24, 2.45) is 0 Å². The van der Waals surface area contributed by atoms with Crippen LogP contribution in [0.15, 0.2) is 0 Å². The van der Waals surface area contributed by atoms with Crippen LogP contribution < -0.4 is 5.32 Å². The Labute approximate surface area is 64.0 Å². The van der Waals surface area contributed by atoms with E-state index in [1.54, 1.807) is 0 Å². The van der Waals surface area contributed by atoms with E-state index in [1.807, 2.05) is 5.32 Å². The van der Waals surface area contributed by atoms with Crippen molar-refractivity contribution in [3.05, 3.63) is 0 Å². The molecule has 4 nitrogen and oxygen atoms in total. The van der Waals surface area contributed by atoms with E-state index in [0.717, 1.165) is 0 Å². The van der Waals surface area contributed by atoms with Gasteiger partial charge in [0.25, 0.3) is 5.98 Å². The molecule has 11 heavy (non-hydrogen) atoms. The highest BCUT2D eigenvalue weighted by Gasteiger charge is 2.27. The Kier molecular flexibility index (Phi) is 3.41. The van der Waals surface area contributed by atoms with Gasteiger partial charge in [0.1, 0.15) is 6.04 Å². The number of rotatable bonds is 4. The monoisotopic (exact) mass is 165 g/mol. The Balaban J connectivity index is 3.93. The Morgan fingerprint density at radius 3 is 2.55 bits per heavy atom. The second-order valence-electron chi connectivity index (χ2n) is 2.32. The van der Waals surface area contributed by atoms with Gasteiger partial charge in [-0.3, -0.25) is 4.79 Å². The number of aliphatic hydroxyl groups is 1. The summed E-state index contributed by atoms with van der Waals surface area (Å²) in [6.45, 7) is 2.66. The van der Waals surface area contributed by atoms with Gasteiger partial charge in [-0.2, -0.15) is 4.39 Å². The van der Waals surface area contributed by atoms with Crippen LogP contribution in [0.25, 0.3) is 0 Å². The third-order valence-corrected chi connectivity index (χ3v) is 1.28. The summed E-state index contributed by atoms with van der Waals surface area (Å²) in [5.74, 6) is -3.79. The summed E-state index contributed by atoms with van der Waals surface area (Å²) < 4.78 is 12.6. The molecule has 5 heteroatoms. The first kappa shape index (κ1) is 10.3. The zero-order valence-corrected chi connectivity index (χ0v) is 6.47. The summed E-state index contributed by atoms with van der Waals surface area (Å²) >= 11 is 0. The number of hydrogen-bond acceptors (Lipinski definition) is 3. The van der Waals surface area contributed by atoms with Gasteiger partial charge in [0.2, 0.25) is 0 Å². The molecule has 0 radical (unpaired) electrons. The molecule has 0 aromatic heterocycles. The van der Waals surface area contributed by atoms with E-state index in [0.29, 0.717) is 0 Å². The Morgan fingerprint density at radius 2 is 2.27 bits per heavy atom. The van der Waals surface area contributed by atoms with Crippen LogP contribution in [0.1, 0.15) is 20.3 Å². The molecule has 0 rings (SSSR count). The summed E-state index contributed by atoms with van der Waals surface area (Å²) in [6.07, 6.45) is -0.190.